The number of nitrogens with zero attached hydrogens (tertiary/aromatic N) is 2. The van der Waals surface area contributed by atoms with Gasteiger partial charge in [-0.25, -0.2) is 4.98 Å². The molecule has 2 rings (SSSR count). The van der Waals surface area contributed by atoms with E-state index in [0.717, 1.165) is 31.6 Å². The molecule has 0 saturated carbocycles. The highest BCUT2D eigenvalue weighted by molar-refractivity contribution is 5.78. The van der Waals surface area contributed by atoms with Gasteiger partial charge in [0.05, 0.1) is 12.1 Å². The van der Waals surface area contributed by atoms with Gasteiger partial charge in [0.15, 0.2) is 6.39 Å². The Morgan fingerprint density at radius 2 is 2.21 bits per heavy atom. The summed E-state index contributed by atoms with van der Waals surface area (Å²) in [5.41, 5.74) is 0.723. The first kappa shape index (κ1) is 9.24. The molecule has 0 aromatic carbocycles. The Kier molecular flexibility index (Phi) is 2.81. The molecule has 2 heterocycles. The highest BCUT2D eigenvalue weighted by atomic mass is 16.3. The van der Waals surface area contributed by atoms with Gasteiger partial charge in [-0.3, -0.25) is 4.79 Å². The van der Waals surface area contributed by atoms with Crippen molar-refractivity contribution in [2.75, 3.05) is 13.1 Å². The lowest BCUT2D eigenvalue weighted by atomic mass is 10.1. The van der Waals surface area contributed by atoms with Crippen molar-refractivity contribution in [1.82, 2.24) is 9.88 Å². The van der Waals surface area contributed by atoms with E-state index >= 15 is 0 Å². The van der Waals surface area contributed by atoms with Gasteiger partial charge in [0.1, 0.15) is 6.26 Å². The van der Waals surface area contributed by atoms with E-state index in [4.69, 9.17) is 4.42 Å². The number of rotatable bonds is 2. The Morgan fingerprint density at radius 1 is 1.43 bits per heavy atom. The van der Waals surface area contributed by atoms with Crippen LogP contribution in [0.3, 0.4) is 0 Å². The highest BCUT2D eigenvalue weighted by Crippen LogP contribution is 2.10. The minimum atomic E-state index is 0.165. The van der Waals surface area contributed by atoms with Crippen molar-refractivity contribution in [2.24, 2.45) is 0 Å². The monoisotopic (exact) mass is 194 g/mol. The zero-order chi connectivity index (χ0) is 9.80. The molecule has 1 aliphatic heterocycles. The zero-order valence-electron chi connectivity index (χ0n) is 8.11. The van der Waals surface area contributed by atoms with Gasteiger partial charge in [0.2, 0.25) is 5.91 Å². The third-order valence-corrected chi connectivity index (χ3v) is 2.52. The maximum atomic E-state index is 11.7. The second-order valence-electron chi connectivity index (χ2n) is 3.60. The zero-order valence-corrected chi connectivity index (χ0v) is 8.11. The van der Waals surface area contributed by atoms with Crippen LogP contribution in [-0.4, -0.2) is 28.9 Å². The normalized spacial score (nSPS) is 17.0. The molecule has 0 unspecified atom stereocenters. The summed E-state index contributed by atoms with van der Waals surface area (Å²) < 4.78 is 4.82. The SMILES string of the molecule is O=C(Cc1cocn1)N1CCCCC1. The molecule has 0 bridgehead atoms. The lowest BCUT2D eigenvalue weighted by molar-refractivity contribution is -0.131. The quantitative estimate of drug-likeness (QED) is 0.711. The third-order valence-electron chi connectivity index (χ3n) is 2.52. The smallest absolute Gasteiger partial charge is 0.228 e. The number of likely N-dealkylation sites (tertiary alicyclic amines) is 1. The fourth-order valence-corrected chi connectivity index (χ4v) is 1.73. The lowest BCUT2D eigenvalue weighted by Crippen LogP contribution is -2.36. The fraction of sp³-hybridized carbons (Fsp3) is 0.600. The summed E-state index contributed by atoms with van der Waals surface area (Å²) >= 11 is 0. The van der Waals surface area contributed by atoms with Gasteiger partial charge in [0.25, 0.3) is 0 Å². The van der Waals surface area contributed by atoms with Crippen LogP contribution in [0.5, 0.6) is 0 Å². The average molecular weight is 194 g/mol. The molecule has 1 aromatic heterocycles. The first-order chi connectivity index (χ1) is 6.86. The first-order valence-electron chi connectivity index (χ1n) is 5.01. The van der Waals surface area contributed by atoms with Crippen LogP contribution < -0.4 is 0 Å². The van der Waals surface area contributed by atoms with Crippen LogP contribution in [0, 0.1) is 0 Å². The second kappa shape index (κ2) is 4.26. The average Bonchev–Trinajstić information content (AvgIpc) is 2.72. The van der Waals surface area contributed by atoms with Gasteiger partial charge in [-0.2, -0.15) is 0 Å². The molecule has 0 spiro atoms. The Labute approximate surface area is 82.9 Å². The Hall–Kier alpha value is -1.32. The predicted molar refractivity (Wildman–Crippen MR) is 50.6 cm³/mol. The van der Waals surface area contributed by atoms with Crippen LogP contribution in [0.15, 0.2) is 17.1 Å². The van der Waals surface area contributed by atoms with Gasteiger partial charge >= 0.3 is 0 Å². The fourth-order valence-electron chi connectivity index (χ4n) is 1.73. The number of hydrogen-bond donors (Lipinski definition) is 0. The van der Waals surface area contributed by atoms with Crippen molar-refractivity contribution in [3.63, 3.8) is 0 Å². The maximum absolute atomic E-state index is 11.7. The maximum Gasteiger partial charge on any atom is 0.228 e. The van der Waals surface area contributed by atoms with E-state index in [9.17, 15) is 4.79 Å². The molecular weight excluding hydrogens is 180 g/mol. The Morgan fingerprint density at radius 3 is 2.86 bits per heavy atom. The van der Waals surface area contributed by atoms with Crippen LogP contribution in [-0.2, 0) is 11.2 Å². The number of amides is 1. The van der Waals surface area contributed by atoms with Crippen molar-refractivity contribution in [3.05, 3.63) is 18.4 Å². The van der Waals surface area contributed by atoms with Crippen molar-refractivity contribution in [2.45, 2.75) is 25.7 Å². The van der Waals surface area contributed by atoms with Crippen LogP contribution in [0.4, 0.5) is 0 Å². The largest absolute Gasteiger partial charge is 0.451 e. The molecular formula is C10H14N2O2. The second-order valence-corrected chi connectivity index (χ2v) is 3.60. The highest BCUT2D eigenvalue weighted by Gasteiger charge is 2.17. The Balaban J connectivity index is 1.88. The molecule has 1 aliphatic rings. The summed E-state index contributed by atoms with van der Waals surface area (Å²) in [7, 11) is 0. The van der Waals surface area contributed by atoms with Crippen LogP contribution >= 0.6 is 0 Å². The standard InChI is InChI=1S/C10H14N2O2/c13-10(6-9-7-14-8-11-9)12-4-2-1-3-5-12/h7-8H,1-6H2. The predicted octanol–water partition coefficient (Wildman–Crippen LogP) is 1.23. The number of carbonyl (C=O) groups excluding carboxylic acids is 1. The van der Waals surface area contributed by atoms with Crippen LogP contribution in [0.2, 0.25) is 0 Å². The van der Waals surface area contributed by atoms with Crippen molar-refractivity contribution >= 4 is 5.91 Å². The molecule has 0 radical (unpaired) electrons. The molecule has 76 valence electrons. The van der Waals surface area contributed by atoms with Crippen molar-refractivity contribution in [1.29, 1.82) is 0 Å². The molecule has 1 aromatic rings. The van der Waals surface area contributed by atoms with Gasteiger partial charge in [-0.05, 0) is 19.3 Å². The van der Waals surface area contributed by atoms with Gasteiger partial charge in [0, 0.05) is 13.1 Å². The van der Waals surface area contributed by atoms with E-state index in [1.165, 1.54) is 19.1 Å². The summed E-state index contributed by atoms with van der Waals surface area (Å²) in [5.74, 6) is 0.165. The molecule has 4 heteroatoms. The number of hydrogen-bond acceptors (Lipinski definition) is 3. The van der Waals surface area contributed by atoms with Gasteiger partial charge < -0.3 is 9.32 Å². The lowest BCUT2D eigenvalue weighted by Gasteiger charge is -2.26. The minimum absolute atomic E-state index is 0.165. The van der Waals surface area contributed by atoms with Crippen molar-refractivity contribution in [3.8, 4) is 0 Å². The summed E-state index contributed by atoms with van der Waals surface area (Å²) in [6.45, 7) is 1.80. The van der Waals surface area contributed by atoms with Gasteiger partial charge in [-0.1, -0.05) is 0 Å². The molecule has 1 saturated heterocycles. The summed E-state index contributed by atoms with van der Waals surface area (Å²) in [6.07, 6.45) is 6.76. The van der Waals surface area contributed by atoms with E-state index < -0.39 is 0 Å². The van der Waals surface area contributed by atoms with Crippen LogP contribution in [0.25, 0.3) is 0 Å². The summed E-state index contributed by atoms with van der Waals surface area (Å²) in [6, 6.07) is 0. The number of carbonyl (C=O) groups is 1. The molecule has 1 fully saturated rings. The molecule has 0 N–H and O–H groups in total. The Bertz CT molecular complexity index is 289. The van der Waals surface area contributed by atoms with E-state index in [2.05, 4.69) is 4.98 Å². The summed E-state index contributed by atoms with van der Waals surface area (Å²) in [5, 5.41) is 0. The molecule has 1 amide bonds. The third kappa shape index (κ3) is 2.13. The number of oxazole rings is 1. The van der Waals surface area contributed by atoms with E-state index in [1.807, 2.05) is 4.90 Å². The first-order valence-corrected chi connectivity index (χ1v) is 5.01. The summed E-state index contributed by atoms with van der Waals surface area (Å²) in [4.78, 5) is 17.6. The molecule has 0 atom stereocenters. The molecule has 14 heavy (non-hydrogen) atoms. The van der Waals surface area contributed by atoms with E-state index in [0.29, 0.717) is 6.42 Å². The van der Waals surface area contributed by atoms with E-state index in [-0.39, 0.29) is 5.91 Å². The number of aromatic nitrogens is 1. The van der Waals surface area contributed by atoms with E-state index in [1.54, 1.807) is 0 Å². The number of piperidine rings is 1. The van der Waals surface area contributed by atoms with Gasteiger partial charge in [-0.15, -0.1) is 0 Å². The van der Waals surface area contributed by atoms with Crippen LogP contribution in [0.1, 0.15) is 25.0 Å². The topological polar surface area (TPSA) is 46.3 Å². The molecule has 4 nitrogen and oxygen atoms in total. The molecule has 0 aliphatic carbocycles. The minimum Gasteiger partial charge on any atom is -0.451 e. The van der Waals surface area contributed by atoms with Crippen molar-refractivity contribution < 1.29 is 9.21 Å².